The van der Waals surface area contributed by atoms with Crippen LogP contribution in [0.3, 0.4) is 0 Å². The van der Waals surface area contributed by atoms with Crippen molar-refractivity contribution < 1.29 is 17.6 Å². The first-order chi connectivity index (χ1) is 15.4. The molecule has 2 aromatic carbocycles. The highest BCUT2D eigenvalue weighted by atomic mass is 32.2. The number of thioether (sulfide) groups is 1. The molecule has 0 aliphatic heterocycles. The molecule has 0 atom stereocenters. The SMILES string of the molecule is Cc1ccc(S(=O)(=O)N(CC(=O)NCCCSCc2ccco2)c2cccc(C)c2)cc1. The van der Waals surface area contributed by atoms with E-state index in [9.17, 15) is 13.2 Å². The van der Waals surface area contributed by atoms with Crippen molar-refractivity contribution in [1.82, 2.24) is 5.32 Å². The van der Waals surface area contributed by atoms with Crippen molar-refractivity contribution in [2.24, 2.45) is 0 Å². The van der Waals surface area contributed by atoms with Gasteiger partial charge in [-0.15, -0.1) is 0 Å². The van der Waals surface area contributed by atoms with E-state index < -0.39 is 10.0 Å². The summed E-state index contributed by atoms with van der Waals surface area (Å²) in [4.78, 5) is 12.8. The maximum absolute atomic E-state index is 13.4. The Labute approximate surface area is 194 Å². The molecule has 3 rings (SSSR count). The summed E-state index contributed by atoms with van der Waals surface area (Å²) in [5.41, 5.74) is 2.35. The van der Waals surface area contributed by atoms with Gasteiger partial charge in [0.2, 0.25) is 5.91 Å². The number of furan rings is 1. The highest BCUT2D eigenvalue weighted by Gasteiger charge is 2.27. The minimum Gasteiger partial charge on any atom is -0.468 e. The molecule has 32 heavy (non-hydrogen) atoms. The third kappa shape index (κ3) is 6.64. The van der Waals surface area contributed by atoms with E-state index in [1.165, 1.54) is 4.31 Å². The molecule has 0 aliphatic carbocycles. The number of rotatable bonds is 11. The van der Waals surface area contributed by atoms with Gasteiger partial charge in [-0.05, 0) is 68.0 Å². The number of amides is 1. The lowest BCUT2D eigenvalue weighted by molar-refractivity contribution is -0.119. The summed E-state index contributed by atoms with van der Waals surface area (Å²) in [6, 6.07) is 17.6. The van der Waals surface area contributed by atoms with Gasteiger partial charge in [-0.1, -0.05) is 29.8 Å². The Hall–Kier alpha value is -2.71. The zero-order valence-electron chi connectivity index (χ0n) is 18.3. The van der Waals surface area contributed by atoms with Crippen LogP contribution < -0.4 is 9.62 Å². The van der Waals surface area contributed by atoms with E-state index >= 15 is 0 Å². The zero-order valence-corrected chi connectivity index (χ0v) is 19.9. The Bertz CT molecular complexity index is 1110. The van der Waals surface area contributed by atoms with Gasteiger partial charge in [-0.3, -0.25) is 9.10 Å². The molecule has 0 spiro atoms. The van der Waals surface area contributed by atoms with Crippen molar-refractivity contribution in [3.8, 4) is 0 Å². The minimum absolute atomic E-state index is 0.159. The van der Waals surface area contributed by atoms with Crippen LogP contribution in [0.5, 0.6) is 0 Å². The van der Waals surface area contributed by atoms with E-state index in [1.54, 1.807) is 60.5 Å². The van der Waals surface area contributed by atoms with Crippen molar-refractivity contribution in [2.75, 3.05) is 23.1 Å². The molecule has 0 saturated carbocycles. The molecule has 1 N–H and O–H groups in total. The Morgan fingerprint density at radius 3 is 2.50 bits per heavy atom. The number of carbonyl (C=O) groups excluding carboxylic acids is 1. The maximum atomic E-state index is 13.4. The van der Waals surface area contributed by atoms with Gasteiger partial charge < -0.3 is 9.73 Å². The quantitative estimate of drug-likeness (QED) is 0.415. The molecule has 170 valence electrons. The summed E-state index contributed by atoms with van der Waals surface area (Å²) in [5, 5.41) is 2.84. The number of nitrogens with one attached hydrogen (secondary N) is 1. The maximum Gasteiger partial charge on any atom is 0.264 e. The first-order valence-corrected chi connectivity index (χ1v) is 13.0. The third-order valence-corrected chi connectivity index (χ3v) is 7.65. The van der Waals surface area contributed by atoms with Crippen LogP contribution >= 0.6 is 11.8 Å². The molecule has 6 nitrogen and oxygen atoms in total. The van der Waals surface area contributed by atoms with Crippen molar-refractivity contribution in [1.29, 1.82) is 0 Å². The van der Waals surface area contributed by atoms with Crippen molar-refractivity contribution in [2.45, 2.75) is 30.9 Å². The number of nitrogens with zero attached hydrogens (tertiary/aromatic N) is 1. The molecule has 1 amide bonds. The molecule has 0 radical (unpaired) electrons. The lowest BCUT2D eigenvalue weighted by atomic mass is 10.2. The molecule has 8 heteroatoms. The molecule has 0 unspecified atom stereocenters. The fourth-order valence-electron chi connectivity index (χ4n) is 3.09. The lowest BCUT2D eigenvalue weighted by Gasteiger charge is -2.24. The third-order valence-electron chi connectivity index (χ3n) is 4.80. The Kier molecular flexibility index (Phi) is 8.41. The summed E-state index contributed by atoms with van der Waals surface area (Å²) >= 11 is 1.73. The Balaban J connectivity index is 1.62. The number of aryl methyl sites for hydroxylation is 2. The summed E-state index contributed by atoms with van der Waals surface area (Å²) in [7, 11) is -3.89. The molecular weight excluding hydrogens is 444 g/mol. The van der Waals surface area contributed by atoms with Gasteiger partial charge in [0.15, 0.2) is 0 Å². The molecule has 0 fully saturated rings. The number of carbonyl (C=O) groups is 1. The van der Waals surface area contributed by atoms with Gasteiger partial charge in [0.05, 0.1) is 22.6 Å². The largest absolute Gasteiger partial charge is 0.468 e. The van der Waals surface area contributed by atoms with Gasteiger partial charge in [0, 0.05) is 6.54 Å². The molecule has 1 heterocycles. The molecule has 0 bridgehead atoms. The van der Waals surface area contributed by atoms with Crippen molar-refractivity contribution >= 4 is 33.4 Å². The fourth-order valence-corrected chi connectivity index (χ4v) is 5.36. The number of hydrogen-bond donors (Lipinski definition) is 1. The first-order valence-electron chi connectivity index (χ1n) is 10.4. The fraction of sp³-hybridized carbons (Fsp3) is 0.292. The predicted octanol–water partition coefficient (Wildman–Crippen LogP) is 4.53. The number of sulfonamides is 1. The normalized spacial score (nSPS) is 11.3. The first kappa shape index (κ1) is 23.9. The molecule has 0 aliphatic rings. The van der Waals surface area contributed by atoms with Crippen LogP contribution in [-0.4, -0.2) is 33.2 Å². The van der Waals surface area contributed by atoms with E-state index in [4.69, 9.17) is 4.42 Å². The van der Waals surface area contributed by atoms with Gasteiger partial charge in [-0.2, -0.15) is 11.8 Å². The predicted molar refractivity (Wildman–Crippen MR) is 129 cm³/mol. The number of benzene rings is 2. The number of anilines is 1. The number of hydrogen-bond acceptors (Lipinski definition) is 5. The highest BCUT2D eigenvalue weighted by molar-refractivity contribution is 7.98. The van der Waals surface area contributed by atoms with E-state index in [1.807, 2.05) is 32.0 Å². The minimum atomic E-state index is -3.89. The summed E-state index contributed by atoms with van der Waals surface area (Å²) in [6.45, 7) is 3.99. The summed E-state index contributed by atoms with van der Waals surface area (Å²) in [5.74, 6) is 2.24. The van der Waals surface area contributed by atoms with Crippen molar-refractivity contribution in [3.63, 3.8) is 0 Å². The van der Waals surface area contributed by atoms with Crippen LogP contribution in [0.4, 0.5) is 5.69 Å². The van der Waals surface area contributed by atoms with Crippen LogP contribution in [0, 0.1) is 13.8 Å². The van der Waals surface area contributed by atoms with E-state index in [0.29, 0.717) is 12.2 Å². The lowest BCUT2D eigenvalue weighted by Crippen LogP contribution is -2.41. The van der Waals surface area contributed by atoms with Crippen LogP contribution in [-0.2, 0) is 20.6 Å². The van der Waals surface area contributed by atoms with Crippen LogP contribution in [0.2, 0.25) is 0 Å². The highest BCUT2D eigenvalue weighted by Crippen LogP contribution is 2.24. The Morgan fingerprint density at radius 2 is 1.81 bits per heavy atom. The van der Waals surface area contributed by atoms with E-state index in [2.05, 4.69) is 5.32 Å². The smallest absolute Gasteiger partial charge is 0.264 e. The monoisotopic (exact) mass is 472 g/mol. The molecule has 3 aromatic rings. The van der Waals surface area contributed by atoms with E-state index in [0.717, 1.165) is 34.8 Å². The van der Waals surface area contributed by atoms with Gasteiger partial charge in [0.1, 0.15) is 12.3 Å². The second kappa shape index (κ2) is 11.2. The second-order valence-corrected chi connectivity index (χ2v) is 10.5. The zero-order chi connectivity index (χ0) is 23.0. The average molecular weight is 473 g/mol. The molecular formula is C24H28N2O4S2. The molecule has 1 aromatic heterocycles. The Morgan fingerprint density at radius 1 is 1.03 bits per heavy atom. The van der Waals surface area contributed by atoms with Gasteiger partial charge >= 0.3 is 0 Å². The second-order valence-electron chi connectivity index (χ2n) is 7.50. The summed E-state index contributed by atoms with van der Waals surface area (Å²) in [6.07, 6.45) is 2.44. The summed E-state index contributed by atoms with van der Waals surface area (Å²) < 4.78 is 33.2. The van der Waals surface area contributed by atoms with Gasteiger partial charge in [-0.25, -0.2) is 8.42 Å². The standard InChI is InChI=1S/C24H28N2O4S2/c1-19-9-11-23(12-10-19)32(28,29)26(21-7-3-6-20(2)16-21)17-24(27)25-13-5-15-31-18-22-8-4-14-30-22/h3-4,6-12,14,16H,5,13,15,17-18H2,1-2H3,(H,25,27). The van der Waals surface area contributed by atoms with Crippen LogP contribution in [0.15, 0.2) is 76.2 Å². The van der Waals surface area contributed by atoms with Crippen LogP contribution in [0.1, 0.15) is 23.3 Å². The molecule has 0 saturated heterocycles. The average Bonchev–Trinajstić information content (AvgIpc) is 3.28. The van der Waals surface area contributed by atoms with Gasteiger partial charge in [0.25, 0.3) is 10.0 Å². The van der Waals surface area contributed by atoms with Crippen molar-refractivity contribution in [3.05, 3.63) is 83.8 Å². The van der Waals surface area contributed by atoms with E-state index in [-0.39, 0.29) is 17.3 Å². The topological polar surface area (TPSA) is 79.6 Å². The van der Waals surface area contributed by atoms with Crippen LogP contribution in [0.25, 0.3) is 0 Å².